The molecule has 0 aliphatic heterocycles. The number of methoxy groups -OCH3 is 1. The number of ether oxygens (including phenoxy) is 4. The highest BCUT2D eigenvalue weighted by molar-refractivity contribution is 5.87. The Bertz CT molecular complexity index is 1240. The zero-order chi connectivity index (χ0) is 41.4. The van der Waals surface area contributed by atoms with Gasteiger partial charge in [-0.25, -0.2) is 4.79 Å². The molecule has 8 heteroatoms. The summed E-state index contributed by atoms with van der Waals surface area (Å²) in [4.78, 5) is 37.8. The van der Waals surface area contributed by atoms with E-state index < -0.39 is 18.0 Å². The lowest BCUT2D eigenvalue weighted by atomic mass is 10.1. The van der Waals surface area contributed by atoms with Crippen LogP contribution in [0.25, 0.3) is 6.08 Å². The molecule has 0 saturated carbocycles. The van der Waals surface area contributed by atoms with Gasteiger partial charge in [-0.2, -0.15) is 0 Å². The summed E-state index contributed by atoms with van der Waals surface area (Å²) < 4.78 is 21.6. The molecule has 0 bridgehead atoms. The Morgan fingerprint density at radius 1 is 0.579 bits per heavy atom. The van der Waals surface area contributed by atoms with E-state index in [-0.39, 0.29) is 37.1 Å². The maximum Gasteiger partial charge on any atom is 0.330 e. The Hall–Kier alpha value is -3.55. The zero-order valence-corrected chi connectivity index (χ0v) is 36.3. The molecule has 1 rings (SSSR count). The molecule has 0 saturated heterocycles. The van der Waals surface area contributed by atoms with E-state index in [0.717, 1.165) is 64.2 Å². The van der Waals surface area contributed by atoms with Crippen LogP contribution in [-0.2, 0) is 28.6 Å². The fourth-order valence-corrected chi connectivity index (χ4v) is 6.48. The largest absolute Gasteiger partial charge is 0.504 e. The van der Waals surface area contributed by atoms with E-state index in [0.29, 0.717) is 18.4 Å². The third-order valence-corrected chi connectivity index (χ3v) is 10.0. The fourth-order valence-electron chi connectivity index (χ4n) is 6.48. The molecular formula is C49H80O8. The summed E-state index contributed by atoms with van der Waals surface area (Å²) in [6, 6.07) is 4.70. The molecule has 8 nitrogen and oxygen atoms in total. The maximum absolute atomic E-state index is 12.7. The van der Waals surface area contributed by atoms with Gasteiger partial charge in [0.2, 0.25) is 0 Å². The average Bonchev–Trinajstić information content (AvgIpc) is 3.21. The van der Waals surface area contributed by atoms with E-state index in [1.807, 2.05) is 0 Å². The molecule has 0 fully saturated rings. The summed E-state index contributed by atoms with van der Waals surface area (Å²) in [7, 11) is 1.45. The number of carbonyl (C=O) groups excluding carboxylic acids is 3. The van der Waals surface area contributed by atoms with Crippen LogP contribution in [-0.4, -0.2) is 49.4 Å². The standard InChI is InChI=1S/C49H80O8/c1-4-6-8-10-12-14-16-18-20-22-24-26-28-30-32-34-47(51)55-41-44(42-56-48(52)39-37-43-36-38-45(50)46(40-43)54-3)57-49(53)35-33-31-29-27-25-23-21-19-17-15-13-11-9-7-5-2/h18-21,36-40,44,50H,4-17,22-35,41-42H2,1-3H3/b20-18-,21-19-,39-37+. The smallest absolute Gasteiger partial charge is 0.330 e. The van der Waals surface area contributed by atoms with Gasteiger partial charge in [0.05, 0.1) is 7.11 Å². The van der Waals surface area contributed by atoms with Gasteiger partial charge in [0.15, 0.2) is 17.6 Å². The first-order chi connectivity index (χ1) is 27.9. The average molecular weight is 797 g/mol. The predicted octanol–water partition coefficient (Wildman–Crippen LogP) is 13.5. The van der Waals surface area contributed by atoms with Crippen molar-refractivity contribution in [3.05, 3.63) is 54.1 Å². The molecule has 0 heterocycles. The van der Waals surface area contributed by atoms with Crippen molar-refractivity contribution in [2.45, 2.75) is 200 Å². The Kier molecular flexibility index (Phi) is 34.3. The van der Waals surface area contributed by atoms with Gasteiger partial charge in [0.1, 0.15) is 13.2 Å². The van der Waals surface area contributed by atoms with E-state index in [4.69, 9.17) is 18.9 Å². The van der Waals surface area contributed by atoms with Gasteiger partial charge in [0, 0.05) is 18.9 Å². The summed E-state index contributed by atoms with van der Waals surface area (Å²) in [6.45, 7) is 4.09. The van der Waals surface area contributed by atoms with Crippen molar-refractivity contribution in [2.75, 3.05) is 20.3 Å². The lowest BCUT2D eigenvalue weighted by Gasteiger charge is -2.18. The number of aromatic hydroxyl groups is 1. The van der Waals surface area contributed by atoms with Gasteiger partial charge in [-0.1, -0.05) is 147 Å². The molecule has 1 N–H and O–H groups in total. The predicted molar refractivity (Wildman–Crippen MR) is 234 cm³/mol. The molecule has 57 heavy (non-hydrogen) atoms. The summed E-state index contributed by atoms with van der Waals surface area (Å²) in [5, 5.41) is 9.81. The van der Waals surface area contributed by atoms with E-state index >= 15 is 0 Å². The highest BCUT2D eigenvalue weighted by Crippen LogP contribution is 2.26. The minimum atomic E-state index is -0.898. The Morgan fingerprint density at radius 2 is 1.02 bits per heavy atom. The molecule has 0 amide bonds. The number of hydrogen-bond acceptors (Lipinski definition) is 8. The van der Waals surface area contributed by atoms with Gasteiger partial charge in [-0.05, 0) is 88.0 Å². The molecule has 324 valence electrons. The lowest BCUT2D eigenvalue weighted by molar-refractivity contribution is -0.165. The van der Waals surface area contributed by atoms with Gasteiger partial charge >= 0.3 is 17.9 Å². The fraction of sp³-hybridized carbons (Fsp3) is 0.694. The number of phenols is 1. The molecule has 0 spiro atoms. The highest BCUT2D eigenvalue weighted by Gasteiger charge is 2.19. The van der Waals surface area contributed by atoms with Gasteiger partial charge in [0.25, 0.3) is 0 Å². The third-order valence-electron chi connectivity index (χ3n) is 10.0. The first-order valence-electron chi connectivity index (χ1n) is 22.8. The van der Waals surface area contributed by atoms with Crippen LogP contribution < -0.4 is 4.74 Å². The lowest BCUT2D eigenvalue weighted by Crippen LogP contribution is -2.30. The van der Waals surface area contributed by atoms with E-state index in [1.165, 1.54) is 122 Å². The van der Waals surface area contributed by atoms with Crippen LogP contribution in [0.1, 0.15) is 199 Å². The van der Waals surface area contributed by atoms with Crippen molar-refractivity contribution in [1.82, 2.24) is 0 Å². The molecule has 0 radical (unpaired) electrons. The van der Waals surface area contributed by atoms with E-state index in [1.54, 1.807) is 12.1 Å². The minimum absolute atomic E-state index is 0.00421. The summed E-state index contributed by atoms with van der Waals surface area (Å²) in [5.41, 5.74) is 0.633. The van der Waals surface area contributed by atoms with Crippen molar-refractivity contribution in [1.29, 1.82) is 0 Å². The number of hydrogen-bond donors (Lipinski definition) is 1. The van der Waals surface area contributed by atoms with Gasteiger partial charge < -0.3 is 24.1 Å². The molecule has 0 aliphatic carbocycles. The number of phenolic OH excluding ortho intramolecular Hbond substituents is 1. The van der Waals surface area contributed by atoms with Crippen LogP contribution >= 0.6 is 0 Å². The number of carbonyl (C=O) groups is 3. The maximum atomic E-state index is 12.7. The van der Waals surface area contributed by atoms with Gasteiger partial charge in [-0.15, -0.1) is 0 Å². The third kappa shape index (κ3) is 32.1. The van der Waals surface area contributed by atoms with Crippen LogP contribution in [0.15, 0.2) is 48.6 Å². The van der Waals surface area contributed by atoms with Crippen molar-refractivity contribution in [3.63, 3.8) is 0 Å². The molecule has 0 aromatic heterocycles. The van der Waals surface area contributed by atoms with Gasteiger partial charge in [-0.3, -0.25) is 9.59 Å². The van der Waals surface area contributed by atoms with E-state index in [2.05, 4.69) is 38.2 Å². The molecule has 1 aromatic carbocycles. The zero-order valence-electron chi connectivity index (χ0n) is 36.3. The second-order valence-electron chi connectivity index (χ2n) is 15.4. The van der Waals surface area contributed by atoms with Crippen molar-refractivity contribution in [2.24, 2.45) is 0 Å². The Morgan fingerprint density at radius 3 is 1.51 bits per heavy atom. The van der Waals surface area contributed by atoms with Crippen molar-refractivity contribution in [3.8, 4) is 11.5 Å². The number of unbranched alkanes of at least 4 members (excludes halogenated alkanes) is 22. The molecular weight excluding hydrogens is 717 g/mol. The minimum Gasteiger partial charge on any atom is -0.504 e. The summed E-state index contributed by atoms with van der Waals surface area (Å²) in [6.07, 6.45) is 42.3. The normalized spacial score (nSPS) is 12.1. The second-order valence-corrected chi connectivity index (χ2v) is 15.4. The monoisotopic (exact) mass is 797 g/mol. The summed E-state index contributed by atoms with van der Waals surface area (Å²) in [5.74, 6) is -1.10. The molecule has 1 unspecified atom stereocenters. The van der Waals surface area contributed by atoms with Crippen molar-refractivity contribution >= 4 is 24.0 Å². The number of allylic oxidation sites excluding steroid dienone is 4. The number of esters is 3. The van der Waals surface area contributed by atoms with Crippen LogP contribution in [0, 0.1) is 0 Å². The van der Waals surface area contributed by atoms with Crippen LogP contribution in [0.5, 0.6) is 11.5 Å². The van der Waals surface area contributed by atoms with Crippen LogP contribution in [0.4, 0.5) is 0 Å². The Balaban J connectivity index is 2.38. The van der Waals surface area contributed by atoms with Crippen LogP contribution in [0.3, 0.4) is 0 Å². The van der Waals surface area contributed by atoms with Crippen molar-refractivity contribution < 1.29 is 38.4 Å². The second kappa shape index (κ2) is 38.0. The van der Waals surface area contributed by atoms with E-state index in [9.17, 15) is 19.5 Å². The summed E-state index contributed by atoms with van der Waals surface area (Å²) >= 11 is 0. The highest BCUT2D eigenvalue weighted by atomic mass is 16.6. The quantitative estimate of drug-likeness (QED) is 0.0232. The number of rotatable bonds is 38. The molecule has 0 aliphatic rings. The molecule has 1 atom stereocenters. The topological polar surface area (TPSA) is 108 Å². The Labute approximate surface area is 347 Å². The SMILES string of the molecule is CCCCCCCC/C=C\CCCCCCCC(=O)OCC(COC(=O)/C=C/c1ccc(O)c(OC)c1)OC(=O)CCCCCCC/C=C\CCCCCCCC. The van der Waals surface area contributed by atoms with Crippen LogP contribution in [0.2, 0.25) is 0 Å². The first-order valence-corrected chi connectivity index (χ1v) is 22.8. The molecule has 1 aromatic rings. The first kappa shape index (κ1) is 51.5. The number of benzene rings is 1.